The van der Waals surface area contributed by atoms with Crippen molar-refractivity contribution in [2.24, 2.45) is 0 Å². The van der Waals surface area contributed by atoms with Gasteiger partial charge in [0.25, 0.3) is 5.91 Å². The van der Waals surface area contributed by atoms with Gasteiger partial charge >= 0.3 is 0 Å². The molecule has 0 bridgehead atoms. The first-order chi connectivity index (χ1) is 12.1. The second kappa shape index (κ2) is 6.93. The second-order valence-electron chi connectivity index (χ2n) is 5.27. The lowest BCUT2D eigenvalue weighted by atomic mass is 10.1. The Morgan fingerprint density at radius 3 is 2.80 bits per heavy atom. The van der Waals surface area contributed by atoms with Crippen LogP contribution >= 0.6 is 0 Å². The third kappa shape index (κ3) is 3.70. The summed E-state index contributed by atoms with van der Waals surface area (Å²) in [6.07, 6.45) is 4.70. The number of H-pyrrole nitrogens is 1. The molecule has 0 unspecified atom stereocenters. The lowest BCUT2D eigenvalue weighted by Gasteiger charge is -2.05. The van der Waals surface area contributed by atoms with Crippen molar-refractivity contribution in [1.82, 2.24) is 15.3 Å². The minimum Gasteiger partial charge on any atom is -0.347 e. The quantitative estimate of drug-likeness (QED) is 0.567. The maximum atomic E-state index is 13.2. The molecular formula is C18H12F2N4O. The van der Waals surface area contributed by atoms with Crippen molar-refractivity contribution in [3.05, 3.63) is 71.1 Å². The molecule has 0 radical (unpaired) electrons. The normalized spacial score (nSPS) is 11.3. The Kier molecular flexibility index (Phi) is 4.53. The molecule has 2 aromatic heterocycles. The highest BCUT2D eigenvalue weighted by molar-refractivity contribution is 6.03. The van der Waals surface area contributed by atoms with Crippen LogP contribution in [0.1, 0.15) is 11.1 Å². The molecule has 7 heteroatoms. The highest BCUT2D eigenvalue weighted by Gasteiger charge is 2.11. The summed E-state index contributed by atoms with van der Waals surface area (Å²) in [5.41, 5.74) is 1.43. The number of halogens is 2. The number of hydrogen-bond acceptors (Lipinski definition) is 3. The Morgan fingerprint density at radius 2 is 2.08 bits per heavy atom. The number of aromatic nitrogens is 2. The molecule has 1 amide bonds. The van der Waals surface area contributed by atoms with Crippen LogP contribution in [0.3, 0.4) is 0 Å². The average Bonchev–Trinajstić information content (AvgIpc) is 3.00. The number of nitriles is 1. The van der Waals surface area contributed by atoms with Crippen LogP contribution in [0.25, 0.3) is 17.1 Å². The maximum Gasteiger partial charge on any atom is 0.262 e. The second-order valence-corrected chi connectivity index (χ2v) is 5.27. The fraction of sp³-hybridized carbons (Fsp3) is 0.0556. The number of rotatable bonds is 4. The van der Waals surface area contributed by atoms with E-state index in [1.807, 2.05) is 12.1 Å². The third-order valence-electron chi connectivity index (χ3n) is 3.52. The highest BCUT2D eigenvalue weighted by atomic mass is 19.1. The first kappa shape index (κ1) is 16.3. The number of carbonyl (C=O) groups is 1. The molecule has 0 aliphatic heterocycles. The molecule has 0 spiro atoms. The number of hydrogen-bond donors (Lipinski definition) is 2. The van der Waals surface area contributed by atoms with Gasteiger partial charge in [0.2, 0.25) is 0 Å². The van der Waals surface area contributed by atoms with Gasteiger partial charge in [0, 0.05) is 36.0 Å². The number of amides is 1. The van der Waals surface area contributed by atoms with Crippen LogP contribution in [0.5, 0.6) is 0 Å². The molecule has 0 aliphatic rings. The Morgan fingerprint density at radius 1 is 1.32 bits per heavy atom. The lowest BCUT2D eigenvalue weighted by Crippen LogP contribution is -2.24. The van der Waals surface area contributed by atoms with Gasteiger partial charge in [0.15, 0.2) is 0 Å². The zero-order chi connectivity index (χ0) is 17.8. The molecule has 0 atom stereocenters. The van der Waals surface area contributed by atoms with Crippen molar-refractivity contribution in [1.29, 1.82) is 5.26 Å². The van der Waals surface area contributed by atoms with Crippen LogP contribution < -0.4 is 5.32 Å². The Bertz CT molecular complexity index is 997. The first-order valence-electron chi connectivity index (χ1n) is 7.34. The molecule has 0 aliphatic carbocycles. The van der Waals surface area contributed by atoms with Gasteiger partial charge in [-0.05, 0) is 35.9 Å². The van der Waals surface area contributed by atoms with Crippen LogP contribution in [-0.2, 0) is 11.3 Å². The number of aromatic amines is 1. The van der Waals surface area contributed by atoms with Crippen LogP contribution in [0.4, 0.5) is 8.78 Å². The van der Waals surface area contributed by atoms with Crippen LogP contribution in [0, 0.1) is 23.0 Å². The van der Waals surface area contributed by atoms with Gasteiger partial charge in [-0.1, -0.05) is 0 Å². The van der Waals surface area contributed by atoms with E-state index in [4.69, 9.17) is 0 Å². The molecule has 0 saturated heterocycles. The van der Waals surface area contributed by atoms with E-state index < -0.39 is 17.5 Å². The van der Waals surface area contributed by atoms with E-state index in [0.29, 0.717) is 11.2 Å². The molecule has 0 saturated carbocycles. The molecular weight excluding hydrogens is 326 g/mol. The SMILES string of the molecule is N#C/C(=C\c1c[nH]c2ncccc12)C(=O)NCc1cc(F)cc(F)c1. The minimum absolute atomic E-state index is 0.0953. The topological polar surface area (TPSA) is 81.6 Å². The van der Waals surface area contributed by atoms with E-state index in [1.165, 1.54) is 6.08 Å². The van der Waals surface area contributed by atoms with E-state index in [1.54, 1.807) is 18.5 Å². The number of carbonyl (C=O) groups excluding carboxylic acids is 1. The standard InChI is InChI=1S/C18H12F2N4O/c19-14-4-11(5-15(20)7-14)9-24-18(25)12(8-21)6-13-10-23-17-16(13)2-1-3-22-17/h1-7,10H,9H2,(H,22,23)(H,24,25)/b12-6+. The predicted molar refractivity (Wildman–Crippen MR) is 87.9 cm³/mol. The number of nitrogens with one attached hydrogen (secondary N) is 2. The Hall–Kier alpha value is -3.53. The fourth-order valence-corrected chi connectivity index (χ4v) is 2.39. The molecule has 5 nitrogen and oxygen atoms in total. The average molecular weight is 338 g/mol. The minimum atomic E-state index is -0.730. The first-order valence-corrected chi connectivity index (χ1v) is 7.34. The van der Waals surface area contributed by atoms with Gasteiger partial charge in [0.1, 0.15) is 28.9 Å². The zero-order valence-electron chi connectivity index (χ0n) is 12.9. The van der Waals surface area contributed by atoms with Crippen molar-refractivity contribution in [3.63, 3.8) is 0 Å². The summed E-state index contributed by atoms with van der Waals surface area (Å²) in [6.45, 7) is -0.0953. The summed E-state index contributed by atoms with van der Waals surface area (Å²) in [7, 11) is 0. The van der Waals surface area contributed by atoms with E-state index >= 15 is 0 Å². The van der Waals surface area contributed by atoms with Crippen molar-refractivity contribution < 1.29 is 13.6 Å². The Balaban J connectivity index is 1.78. The summed E-state index contributed by atoms with van der Waals surface area (Å²) < 4.78 is 26.3. The third-order valence-corrected chi connectivity index (χ3v) is 3.52. The van der Waals surface area contributed by atoms with Crippen LogP contribution in [0.2, 0.25) is 0 Å². The summed E-state index contributed by atoms with van der Waals surface area (Å²) in [5.74, 6) is -2.09. The molecule has 124 valence electrons. The molecule has 2 N–H and O–H groups in total. The molecule has 0 fully saturated rings. The number of fused-ring (bicyclic) bond motifs is 1. The van der Waals surface area contributed by atoms with Gasteiger partial charge in [-0.3, -0.25) is 4.79 Å². The fourth-order valence-electron chi connectivity index (χ4n) is 2.39. The van der Waals surface area contributed by atoms with Gasteiger partial charge in [-0.15, -0.1) is 0 Å². The smallest absolute Gasteiger partial charge is 0.262 e. The van der Waals surface area contributed by atoms with Gasteiger partial charge in [0.05, 0.1) is 0 Å². The van der Waals surface area contributed by atoms with Crippen molar-refractivity contribution >= 4 is 23.0 Å². The summed E-state index contributed by atoms with van der Waals surface area (Å²) in [4.78, 5) is 19.2. The van der Waals surface area contributed by atoms with Crippen molar-refractivity contribution in [3.8, 4) is 6.07 Å². The molecule has 1 aromatic carbocycles. The predicted octanol–water partition coefficient (Wildman–Crippen LogP) is 3.06. The van der Waals surface area contributed by atoms with Crippen LogP contribution in [-0.4, -0.2) is 15.9 Å². The van der Waals surface area contributed by atoms with Gasteiger partial charge < -0.3 is 10.3 Å². The molecule has 3 aromatic rings. The number of benzene rings is 1. The lowest BCUT2D eigenvalue weighted by molar-refractivity contribution is -0.117. The monoisotopic (exact) mass is 338 g/mol. The molecule has 25 heavy (non-hydrogen) atoms. The number of pyridine rings is 1. The Labute approximate surface area is 141 Å². The van der Waals surface area contributed by atoms with E-state index in [9.17, 15) is 18.8 Å². The van der Waals surface area contributed by atoms with Crippen molar-refractivity contribution in [2.45, 2.75) is 6.54 Å². The summed E-state index contributed by atoms with van der Waals surface area (Å²) >= 11 is 0. The van der Waals surface area contributed by atoms with Crippen LogP contribution in [0.15, 0.2) is 48.3 Å². The highest BCUT2D eigenvalue weighted by Crippen LogP contribution is 2.18. The summed E-state index contributed by atoms with van der Waals surface area (Å²) in [5, 5.41) is 12.5. The van der Waals surface area contributed by atoms with E-state index in [-0.39, 0.29) is 17.7 Å². The summed E-state index contributed by atoms with van der Waals surface area (Å²) in [6, 6.07) is 8.37. The molecule has 2 heterocycles. The van der Waals surface area contributed by atoms with Crippen molar-refractivity contribution in [2.75, 3.05) is 0 Å². The largest absolute Gasteiger partial charge is 0.347 e. The zero-order valence-corrected chi connectivity index (χ0v) is 12.9. The maximum absolute atomic E-state index is 13.2. The van der Waals surface area contributed by atoms with Gasteiger partial charge in [-0.25, -0.2) is 13.8 Å². The molecule has 3 rings (SSSR count). The van der Waals surface area contributed by atoms with E-state index in [0.717, 1.165) is 23.6 Å². The number of nitrogens with zero attached hydrogens (tertiary/aromatic N) is 2. The van der Waals surface area contributed by atoms with Gasteiger partial charge in [-0.2, -0.15) is 5.26 Å². The van der Waals surface area contributed by atoms with E-state index in [2.05, 4.69) is 15.3 Å².